The molecule has 1 fully saturated rings. The molecule has 1 aromatic carbocycles. The Balaban J connectivity index is 2.05. The second-order valence-electron chi connectivity index (χ2n) is 5.45. The molecule has 1 aliphatic rings. The van der Waals surface area contributed by atoms with Crippen molar-refractivity contribution in [2.75, 3.05) is 0 Å². The lowest BCUT2D eigenvalue weighted by molar-refractivity contribution is 0.543. The Morgan fingerprint density at radius 2 is 2.26 bits per heavy atom. The number of nitrogens with zero attached hydrogens (tertiary/aromatic N) is 2. The lowest BCUT2D eigenvalue weighted by atomic mass is 10.1. The topological polar surface area (TPSA) is 43.8 Å². The largest absolute Gasteiger partial charge is 0.323 e. The van der Waals surface area contributed by atoms with E-state index < -0.39 is 0 Å². The van der Waals surface area contributed by atoms with Crippen molar-refractivity contribution < 1.29 is 4.39 Å². The van der Waals surface area contributed by atoms with Gasteiger partial charge in [0.2, 0.25) is 0 Å². The van der Waals surface area contributed by atoms with Gasteiger partial charge < -0.3 is 10.3 Å². The molecule has 1 saturated carbocycles. The van der Waals surface area contributed by atoms with Crippen LogP contribution in [0.2, 0.25) is 0 Å². The lowest BCUT2D eigenvalue weighted by Gasteiger charge is -2.13. The van der Waals surface area contributed by atoms with Gasteiger partial charge in [-0.15, -0.1) is 0 Å². The van der Waals surface area contributed by atoms with Crippen molar-refractivity contribution in [2.24, 2.45) is 5.73 Å². The van der Waals surface area contributed by atoms with Crippen LogP contribution in [0.15, 0.2) is 18.2 Å². The minimum absolute atomic E-state index is 0.0454. The van der Waals surface area contributed by atoms with Crippen molar-refractivity contribution in [3.8, 4) is 0 Å². The summed E-state index contributed by atoms with van der Waals surface area (Å²) in [6, 6.07) is 5.22. The third-order valence-corrected chi connectivity index (χ3v) is 3.79. The molecule has 1 aliphatic carbocycles. The molecule has 3 nitrogen and oxygen atoms in total. The lowest BCUT2D eigenvalue weighted by Crippen LogP contribution is -2.16. The Morgan fingerprint density at radius 1 is 1.47 bits per heavy atom. The Labute approximate surface area is 112 Å². The molecule has 102 valence electrons. The molecular weight excluding hydrogens is 241 g/mol. The van der Waals surface area contributed by atoms with Crippen LogP contribution in [0, 0.1) is 5.82 Å². The number of fused-ring (bicyclic) bond motifs is 1. The second kappa shape index (κ2) is 4.93. The number of aromatic nitrogens is 2. The molecular formula is C15H20FN3. The van der Waals surface area contributed by atoms with Gasteiger partial charge in [0, 0.05) is 6.04 Å². The van der Waals surface area contributed by atoms with Crippen LogP contribution in [-0.2, 0) is 0 Å². The van der Waals surface area contributed by atoms with E-state index in [0.717, 1.165) is 49.0 Å². The van der Waals surface area contributed by atoms with Gasteiger partial charge in [0.05, 0.1) is 17.1 Å². The number of hydrogen-bond acceptors (Lipinski definition) is 2. The molecule has 0 spiro atoms. The summed E-state index contributed by atoms with van der Waals surface area (Å²) in [5, 5.41) is 0. The molecule has 0 amide bonds. The van der Waals surface area contributed by atoms with Crippen LogP contribution in [0.1, 0.15) is 56.9 Å². The van der Waals surface area contributed by atoms with E-state index in [4.69, 9.17) is 5.73 Å². The summed E-state index contributed by atoms with van der Waals surface area (Å²) in [5.74, 6) is 0.722. The molecule has 1 unspecified atom stereocenters. The Kier molecular flexibility index (Phi) is 3.27. The second-order valence-corrected chi connectivity index (χ2v) is 5.45. The molecule has 3 rings (SSSR count). The monoisotopic (exact) mass is 261 g/mol. The number of nitrogens with two attached hydrogens (primary N) is 1. The van der Waals surface area contributed by atoms with Crippen molar-refractivity contribution in [1.29, 1.82) is 0 Å². The fourth-order valence-corrected chi connectivity index (χ4v) is 2.62. The summed E-state index contributed by atoms with van der Waals surface area (Å²) in [6.07, 6.45) is 5.47. The highest BCUT2D eigenvalue weighted by atomic mass is 19.1. The molecule has 1 aromatic heterocycles. The molecule has 0 saturated heterocycles. The fourth-order valence-electron chi connectivity index (χ4n) is 2.62. The van der Waals surface area contributed by atoms with Gasteiger partial charge >= 0.3 is 0 Å². The van der Waals surface area contributed by atoms with Gasteiger partial charge in [0.1, 0.15) is 11.6 Å². The van der Waals surface area contributed by atoms with Crippen molar-refractivity contribution >= 4 is 11.0 Å². The first kappa shape index (κ1) is 12.6. The third kappa shape index (κ3) is 2.37. The molecule has 1 heterocycles. The van der Waals surface area contributed by atoms with Gasteiger partial charge in [-0.25, -0.2) is 9.37 Å². The maximum absolute atomic E-state index is 13.4. The molecule has 0 bridgehead atoms. The molecule has 1 atom stereocenters. The molecule has 0 radical (unpaired) electrons. The maximum Gasteiger partial charge on any atom is 0.127 e. The predicted octanol–water partition coefficient (Wildman–Crippen LogP) is 3.70. The van der Waals surface area contributed by atoms with Gasteiger partial charge in [-0.1, -0.05) is 19.8 Å². The standard InChI is InChI=1S/C15H20FN3/c1-2-3-4-12(17)15-18-13-8-5-10(16)9-14(13)19(15)11-6-7-11/h5,8-9,11-12H,2-4,6-7,17H2,1H3. The SMILES string of the molecule is CCCCC(N)c1nc2ccc(F)cc2n1C1CC1. The van der Waals surface area contributed by atoms with Crippen molar-refractivity contribution in [2.45, 2.75) is 51.1 Å². The summed E-state index contributed by atoms with van der Waals surface area (Å²) < 4.78 is 15.6. The van der Waals surface area contributed by atoms with E-state index in [1.165, 1.54) is 6.07 Å². The summed E-state index contributed by atoms with van der Waals surface area (Å²) in [5.41, 5.74) is 8.02. The van der Waals surface area contributed by atoms with Crippen molar-refractivity contribution in [3.63, 3.8) is 0 Å². The predicted molar refractivity (Wildman–Crippen MR) is 74.4 cm³/mol. The quantitative estimate of drug-likeness (QED) is 0.891. The van der Waals surface area contributed by atoms with E-state index in [2.05, 4.69) is 16.5 Å². The van der Waals surface area contributed by atoms with E-state index in [1.807, 2.05) is 0 Å². The first-order valence-electron chi connectivity index (χ1n) is 7.13. The van der Waals surface area contributed by atoms with E-state index in [9.17, 15) is 4.39 Å². The highest BCUT2D eigenvalue weighted by molar-refractivity contribution is 5.76. The average Bonchev–Trinajstić information content (AvgIpc) is 3.17. The van der Waals surface area contributed by atoms with Gasteiger partial charge in [0.15, 0.2) is 0 Å². The summed E-state index contributed by atoms with van der Waals surface area (Å²) in [4.78, 5) is 4.64. The number of rotatable bonds is 5. The van der Waals surface area contributed by atoms with Crippen LogP contribution >= 0.6 is 0 Å². The molecule has 2 aromatic rings. The van der Waals surface area contributed by atoms with E-state index >= 15 is 0 Å². The zero-order valence-electron chi connectivity index (χ0n) is 11.3. The highest BCUT2D eigenvalue weighted by Crippen LogP contribution is 2.40. The van der Waals surface area contributed by atoms with Gasteiger partial charge in [-0.2, -0.15) is 0 Å². The maximum atomic E-state index is 13.4. The minimum atomic E-state index is -0.206. The summed E-state index contributed by atoms with van der Waals surface area (Å²) in [6.45, 7) is 2.16. The molecule has 4 heteroatoms. The summed E-state index contributed by atoms with van der Waals surface area (Å²) in [7, 11) is 0. The van der Waals surface area contributed by atoms with Gasteiger partial charge in [0.25, 0.3) is 0 Å². The Hall–Kier alpha value is -1.42. The highest BCUT2D eigenvalue weighted by Gasteiger charge is 2.30. The number of hydrogen-bond donors (Lipinski definition) is 1. The first-order chi connectivity index (χ1) is 9.20. The van der Waals surface area contributed by atoms with E-state index in [1.54, 1.807) is 12.1 Å². The van der Waals surface area contributed by atoms with Crippen LogP contribution in [0.3, 0.4) is 0 Å². The number of unbranched alkanes of at least 4 members (excludes halogenated alkanes) is 1. The molecule has 0 aliphatic heterocycles. The number of imidazole rings is 1. The van der Waals surface area contributed by atoms with E-state index in [-0.39, 0.29) is 11.9 Å². The van der Waals surface area contributed by atoms with Gasteiger partial charge in [-0.3, -0.25) is 0 Å². The smallest absolute Gasteiger partial charge is 0.127 e. The van der Waals surface area contributed by atoms with Crippen LogP contribution in [-0.4, -0.2) is 9.55 Å². The van der Waals surface area contributed by atoms with Crippen molar-refractivity contribution in [3.05, 3.63) is 29.8 Å². The van der Waals surface area contributed by atoms with Crippen LogP contribution in [0.4, 0.5) is 4.39 Å². The first-order valence-corrected chi connectivity index (χ1v) is 7.13. The zero-order valence-corrected chi connectivity index (χ0v) is 11.3. The third-order valence-electron chi connectivity index (χ3n) is 3.79. The number of benzene rings is 1. The molecule has 19 heavy (non-hydrogen) atoms. The normalized spacial score (nSPS) is 17.0. The van der Waals surface area contributed by atoms with Crippen LogP contribution in [0.25, 0.3) is 11.0 Å². The summed E-state index contributed by atoms with van der Waals surface area (Å²) >= 11 is 0. The van der Waals surface area contributed by atoms with E-state index in [0.29, 0.717) is 6.04 Å². The number of halogens is 1. The average molecular weight is 261 g/mol. The van der Waals surface area contributed by atoms with Crippen LogP contribution < -0.4 is 5.73 Å². The van der Waals surface area contributed by atoms with Crippen molar-refractivity contribution in [1.82, 2.24) is 9.55 Å². The fraction of sp³-hybridized carbons (Fsp3) is 0.533. The Morgan fingerprint density at radius 3 is 2.95 bits per heavy atom. The van der Waals surface area contributed by atoms with Crippen LogP contribution in [0.5, 0.6) is 0 Å². The van der Waals surface area contributed by atoms with Gasteiger partial charge in [-0.05, 0) is 37.5 Å². The minimum Gasteiger partial charge on any atom is -0.323 e. The zero-order chi connectivity index (χ0) is 13.4. The Bertz CT molecular complexity index is 586. The molecule has 2 N–H and O–H groups in total.